The topological polar surface area (TPSA) is 41.1 Å². The molecule has 25 heavy (non-hydrogen) atoms. The van der Waals surface area contributed by atoms with Crippen LogP contribution in [0.4, 0.5) is 5.69 Å². The van der Waals surface area contributed by atoms with E-state index in [1.807, 2.05) is 54.6 Å². The number of carbonyl (C=O) groups excluding carboxylic acids is 1. The van der Waals surface area contributed by atoms with Crippen molar-refractivity contribution in [2.24, 2.45) is 0 Å². The van der Waals surface area contributed by atoms with Gasteiger partial charge in [0.15, 0.2) is 5.11 Å². The monoisotopic (exact) mass is 366 g/mol. The number of hydrogen-bond donors (Lipinski definition) is 2. The lowest BCUT2D eigenvalue weighted by atomic mass is 10.0. The lowest BCUT2D eigenvalue weighted by Crippen LogP contribution is -2.34. The van der Waals surface area contributed by atoms with E-state index in [1.54, 1.807) is 24.3 Å². The van der Waals surface area contributed by atoms with Crippen molar-refractivity contribution in [1.29, 1.82) is 0 Å². The van der Waals surface area contributed by atoms with Gasteiger partial charge in [0.05, 0.1) is 10.7 Å². The molecule has 0 saturated heterocycles. The highest BCUT2D eigenvalue weighted by Crippen LogP contribution is 2.21. The predicted octanol–water partition coefficient (Wildman–Crippen LogP) is 5.13. The fourth-order valence-corrected chi connectivity index (χ4v) is 2.72. The third kappa shape index (κ3) is 4.44. The van der Waals surface area contributed by atoms with Crippen LogP contribution in [0.2, 0.25) is 5.02 Å². The van der Waals surface area contributed by atoms with Crippen LogP contribution < -0.4 is 10.6 Å². The van der Waals surface area contributed by atoms with Crippen molar-refractivity contribution in [3.05, 3.63) is 89.4 Å². The fraction of sp³-hybridized carbons (Fsp3) is 0. The van der Waals surface area contributed by atoms with Crippen molar-refractivity contribution < 1.29 is 4.79 Å². The minimum Gasteiger partial charge on any atom is -0.331 e. The minimum atomic E-state index is -0.274. The van der Waals surface area contributed by atoms with E-state index in [1.165, 1.54) is 0 Å². The van der Waals surface area contributed by atoms with Crippen LogP contribution in [0.5, 0.6) is 0 Å². The van der Waals surface area contributed by atoms with Crippen molar-refractivity contribution in [2.45, 2.75) is 0 Å². The molecule has 124 valence electrons. The molecule has 0 radical (unpaired) electrons. The number of halogens is 1. The van der Waals surface area contributed by atoms with Gasteiger partial charge in [-0.1, -0.05) is 66.2 Å². The second-order valence-electron chi connectivity index (χ2n) is 5.33. The van der Waals surface area contributed by atoms with Crippen LogP contribution in [0, 0.1) is 0 Å². The quantitative estimate of drug-likeness (QED) is 0.631. The van der Waals surface area contributed by atoms with Crippen LogP contribution in [-0.4, -0.2) is 11.0 Å². The maximum Gasteiger partial charge on any atom is 0.257 e. The summed E-state index contributed by atoms with van der Waals surface area (Å²) >= 11 is 11.2. The molecule has 3 rings (SSSR count). The highest BCUT2D eigenvalue weighted by molar-refractivity contribution is 7.80. The van der Waals surface area contributed by atoms with Crippen LogP contribution >= 0.6 is 23.8 Å². The Morgan fingerprint density at radius 1 is 0.800 bits per heavy atom. The second kappa shape index (κ2) is 7.92. The summed E-state index contributed by atoms with van der Waals surface area (Å²) in [7, 11) is 0. The van der Waals surface area contributed by atoms with Crippen LogP contribution in [0.25, 0.3) is 11.1 Å². The Kier molecular flexibility index (Phi) is 5.43. The number of hydrogen-bond acceptors (Lipinski definition) is 2. The first kappa shape index (κ1) is 17.1. The Hall–Kier alpha value is -2.69. The van der Waals surface area contributed by atoms with E-state index >= 15 is 0 Å². The van der Waals surface area contributed by atoms with Crippen molar-refractivity contribution in [3.8, 4) is 11.1 Å². The van der Waals surface area contributed by atoms with E-state index in [2.05, 4.69) is 10.6 Å². The molecule has 3 aromatic carbocycles. The van der Waals surface area contributed by atoms with Gasteiger partial charge < -0.3 is 5.32 Å². The summed E-state index contributed by atoms with van der Waals surface area (Å²) in [6.45, 7) is 0. The SMILES string of the molecule is O=C(NC(=S)Nc1ccccc1Cl)c1ccc(-c2ccccc2)cc1. The molecule has 0 aromatic heterocycles. The number of benzene rings is 3. The van der Waals surface area contributed by atoms with E-state index in [9.17, 15) is 4.79 Å². The highest BCUT2D eigenvalue weighted by Gasteiger charge is 2.09. The largest absolute Gasteiger partial charge is 0.331 e. The fourth-order valence-electron chi connectivity index (χ4n) is 2.34. The highest BCUT2D eigenvalue weighted by atomic mass is 35.5. The lowest BCUT2D eigenvalue weighted by Gasteiger charge is -2.11. The first-order valence-corrected chi connectivity index (χ1v) is 8.44. The van der Waals surface area contributed by atoms with Gasteiger partial charge in [-0.2, -0.15) is 0 Å². The van der Waals surface area contributed by atoms with Crippen molar-refractivity contribution in [1.82, 2.24) is 5.32 Å². The maximum absolute atomic E-state index is 12.3. The zero-order valence-electron chi connectivity index (χ0n) is 13.2. The van der Waals surface area contributed by atoms with Gasteiger partial charge in [-0.15, -0.1) is 0 Å². The number of thiocarbonyl (C=S) groups is 1. The maximum atomic E-state index is 12.3. The zero-order valence-corrected chi connectivity index (χ0v) is 14.8. The molecule has 3 aromatic rings. The first-order valence-electron chi connectivity index (χ1n) is 7.66. The number of carbonyl (C=O) groups is 1. The Labute approximate surface area is 156 Å². The molecule has 1 amide bonds. The molecule has 2 N–H and O–H groups in total. The number of amides is 1. The molecule has 0 unspecified atom stereocenters. The van der Waals surface area contributed by atoms with Gasteiger partial charge in [0, 0.05) is 5.56 Å². The van der Waals surface area contributed by atoms with Crippen molar-refractivity contribution >= 4 is 40.5 Å². The predicted molar refractivity (Wildman–Crippen MR) is 107 cm³/mol. The van der Waals surface area contributed by atoms with Gasteiger partial charge in [0.25, 0.3) is 5.91 Å². The summed E-state index contributed by atoms with van der Waals surface area (Å²) in [6, 6.07) is 24.5. The number of nitrogens with one attached hydrogen (secondary N) is 2. The summed E-state index contributed by atoms with van der Waals surface area (Å²) in [5.41, 5.74) is 3.33. The molecule has 3 nitrogen and oxygen atoms in total. The standard InChI is InChI=1S/C20H15ClN2OS/c21-17-8-4-5-9-18(17)22-20(25)23-19(24)16-12-10-15(11-13-16)14-6-2-1-3-7-14/h1-13H,(H2,22,23,24,25). The summed E-state index contributed by atoms with van der Waals surface area (Å²) in [5.74, 6) is -0.274. The number of para-hydroxylation sites is 1. The van der Waals surface area contributed by atoms with Gasteiger partial charge in [-0.3, -0.25) is 10.1 Å². The van der Waals surface area contributed by atoms with Crippen molar-refractivity contribution in [2.75, 3.05) is 5.32 Å². The van der Waals surface area contributed by atoms with Gasteiger partial charge in [0.2, 0.25) is 0 Å². The smallest absolute Gasteiger partial charge is 0.257 e. The summed E-state index contributed by atoms with van der Waals surface area (Å²) in [4.78, 5) is 12.3. The molecule has 0 fully saturated rings. The summed E-state index contributed by atoms with van der Waals surface area (Å²) in [6.07, 6.45) is 0. The average molecular weight is 367 g/mol. The summed E-state index contributed by atoms with van der Waals surface area (Å²) < 4.78 is 0. The molecule has 0 spiro atoms. The van der Waals surface area contributed by atoms with E-state index in [0.717, 1.165) is 11.1 Å². The number of anilines is 1. The molecular formula is C20H15ClN2OS. The molecule has 0 aliphatic rings. The molecule has 0 bridgehead atoms. The third-order valence-corrected chi connectivity index (χ3v) is 4.14. The number of rotatable bonds is 3. The molecule has 5 heteroatoms. The average Bonchev–Trinajstić information content (AvgIpc) is 2.64. The molecule has 0 aliphatic carbocycles. The van der Waals surface area contributed by atoms with Crippen molar-refractivity contribution in [3.63, 3.8) is 0 Å². The molecule has 0 heterocycles. The Morgan fingerprint density at radius 3 is 2.08 bits per heavy atom. The Morgan fingerprint density at radius 2 is 1.40 bits per heavy atom. The Balaban J connectivity index is 1.65. The molecular weight excluding hydrogens is 352 g/mol. The van der Waals surface area contributed by atoms with Crippen LogP contribution in [0.15, 0.2) is 78.9 Å². The van der Waals surface area contributed by atoms with E-state index in [0.29, 0.717) is 16.3 Å². The molecule has 0 aliphatic heterocycles. The lowest BCUT2D eigenvalue weighted by molar-refractivity contribution is 0.0978. The van der Waals surface area contributed by atoms with Gasteiger partial charge in [0.1, 0.15) is 0 Å². The van der Waals surface area contributed by atoms with Gasteiger partial charge in [-0.25, -0.2) is 0 Å². The third-order valence-electron chi connectivity index (χ3n) is 3.60. The van der Waals surface area contributed by atoms with Crippen LogP contribution in [-0.2, 0) is 0 Å². The Bertz CT molecular complexity index is 895. The minimum absolute atomic E-state index is 0.199. The second-order valence-corrected chi connectivity index (χ2v) is 6.15. The van der Waals surface area contributed by atoms with Crippen LogP contribution in [0.3, 0.4) is 0 Å². The normalized spacial score (nSPS) is 10.1. The van der Waals surface area contributed by atoms with Gasteiger partial charge in [-0.05, 0) is 47.6 Å². The molecule has 0 atom stereocenters. The van der Waals surface area contributed by atoms with Gasteiger partial charge >= 0.3 is 0 Å². The first-order chi connectivity index (χ1) is 12.1. The summed E-state index contributed by atoms with van der Waals surface area (Å²) in [5, 5.41) is 6.30. The van der Waals surface area contributed by atoms with E-state index < -0.39 is 0 Å². The van der Waals surface area contributed by atoms with Crippen LogP contribution in [0.1, 0.15) is 10.4 Å². The zero-order chi connectivity index (χ0) is 17.6. The molecule has 0 saturated carbocycles. The van der Waals surface area contributed by atoms with E-state index in [-0.39, 0.29) is 11.0 Å². The van der Waals surface area contributed by atoms with E-state index in [4.69, 9.17) is 23.8 Å².